The first kappa shape index (κ1) is 14.5. The monoisotopic (exact) mass is 311 g/mol. The number of allylic oxidation sites excluding steroid dienone is 2. The quantitative estimate of drug-likeness (QED) is 0.895. The molecule has 0 bridgehead atoms. The average Bonchev–Trinajstić information content (AvgIpc) is 2.68. The number of rotatable bonds is 2. The molecule has 0 saturated heterocycles. The Kier molecular flexibility index (Phi) is 3.51. The SMILES string of the molecule is N#C[C@@]12CC=C(c3ccccc3)N=C1NC(c1ccccc1)=CC2. The van der Waals surface area contributed by atoms with E-state index in [9.17, 15) is 5.26 Å². The summed E-state index contributed by atoms with van der Waals surface area (Å²) < 4.78 is 0. The van der Waals surface area contributed by atoms with Crippen LogP contribution in [0.4, 0.5) is 0 Å². The van der Waals surface area contributed by atoms with E-state index in [2.05, 4.69) is 35.7 Å². The Balaban J connectivity index is 1.72. The minimum Gasteiger partial charge on any atom is -0.342 e. The van der Waals surface area contributed by atoms with Crippen LogP contribution in [0.5, 0.6) is 0 Å². The van der Waals surface area contributed by atoms with Crippen LogP contribution in [0.3, 0.4) is 0 Å². The molecule has 0 spiro atoms. The molecule has 2 heterocycles. The van der Waals surface area contributed by atoms with Crippen LogP contribution in [-0.2, 0) is 0 Å². The molecule has 0 radical (unpaired) electrons. The van der Waals surface area contributed by atoms with E-state index in [1.165, 1.54) is 0 Å². The number of nitriles is 1. The summed E-state index contributed by atoms with van der Waals surface area (Å²) in [4.78, 5) is 4.80. The number of amidine groups is 1. The molecule has 3 nitrogen and oxygen atoms in total. The summed E-state index contributed by atoms with van der Waals surface area (Å²) >= 11 is 0. The Morgan fingerprint density at radius 1 is 0.875 bits per heavy atom. The number of fused-ring (bicyclic) bond motifs is 1. The van der Waals surface area contributed by atoms with Crippen LogP contribution in [0.1, 0.15) is 24.0 Å². The van der Waals surface area contributed by atoms with Crippen molar-refractivity contribution in [3.63, 3.8) is 0 Å². The average molecular weight is 311 g/mol. The third-order valence-corrected chi connectivity index (χ3v) is 4.61. The molecular weight excluding hydrogens is 294 g/mol. The van der Waals surface area contributed by atoms with Crippen molar-refractivity contribution in [3.05, 3.63) is 83.9 Å². The van der Waals surface area contributed by atoms with Gasteiger partial charge in [-0.25, -0.2) is 4.99 Å². The maximum absolute atomic E-state index is 9.76. The van der Waals surface area contributed by atoms with Gasteiger partial charge in [-0.15, -0.1) is 0 Å². The van der Waals surface area contributed by atoms with Crippen LogP contribution in [0.25, 0.3) is 11.4 Å². The van der Waals surface area contributed by atoms with Gasteiger partial charge in [-0.3, -0.25) is 0 Å². The molecule has 1 atom stereocenters. The van der Waals surface area contributed by atoms with E-state index in [-0.39, 0.29) is 0 Å². The fourth-order valence-corrected chi connectivity index (χ4v) is 3.17. The normalized spacial score (nSPS) is 22.2. The standard InChI is InChI=1S/C21H17N3/c22-15-21-13-11-18(16-7-3-1-4-8-16)23-20(21)24-19(12-14-21)17-9-5-2-6-10-17/h1-12H,13-14H2,(H,23,24). The first-order valence-electron chi connectivity index (χ1n) is 8.09. The van der Waals surface area contributed by atoms with Gasteiger partial charge in [-0.1, -0.05) is 72.8 Å². The smallest absolute Gasteiger partial charge is 0.128 e. The minimum atomic E-state index is -0.573. The number of nitrogens with zero attached hydrogens (tertiary/aromatic N) is 2. The molecule has 0 saturated carbocycles. The lowest BCUT2D eigenvalue weighted by atomic mass is 9.76. The molecular formula is C21H17N3. The Morgan fingerprint density at radius 3 is 2.17 bits per heavy atom. The first-order chi connectivity index (χ1) is 11.8. The zero-order valence-corrected chi connectivity index (χ0v) is 13.2. The van der Waals surface area contributed by atoms with E-state index in [1.54, 1.807) is 0 Å². The lowest BCUT2D eigenvalue weighted by Crippen LogP contribution is -2.43. The largest absolute Gasteiger partial charge is 0.342 e. The number of hydrogen-bond donors (Lipinski definition) is 1. The molecule has 0 amide bonds. The number of aliphatic imine (C=N–C) groups is 1. The number of benzene rings is 2. The van der Waals surface area contributed by atoms with Crippen molar-refractivity contribution in [3.8, 4) is 6.07 Å². The van der Waals surface area contributed by atoms with E-state index in [4.69, 9.17) is 4.99 Å². The Bertz CT molecular complexity index is 886. The fraction of sp³-hybridized carbons (Fsp3) is 0.143. The van der Waals surface area contributed by atoms with E-state index in [0.29, 0.717) is 12.8 Å². The van der Waals surface area contributed by atoms with Crippen molar-refractivity contribution < 1.29 is 0 Å². The number of hydrogen-bond acceptors (Lipinski definition) is 3. The van der Waals surface area contributed by atoms with Crippen LogP contribution in [0.2, 0.25) is 0 Å². The molecule has 0 unspecified atom stereocenters. The highest BCUT2D eigenvalue weighted by molar-refractivity contribution is 6.03. The minimum absolute atomic E-state index is 0.573. The summed E-state index contributed by atoms with van der Waals surface area (Å²) in [5, 5.41) is 13.2. The van der Waals surface area contributed by atoms with Gasteiger partial charge in [-0.2, -0.15) is 5.26 Å². The van der Waals surface area contributed by atoms with Gasteiger partial charge >= 0.3 is 0 Å². The zero-order chi connectivity index (χ0) is 16.4. The second-order valence-corrected chi connectivity index (χ2v) is 6.13. The highest BCUT2D eigenvalue weighted by atomic mass is 15.0. The highest BCUT2D eigenvalue weighted by Gasteiger charge is 2.40. The van der Waals surface area contributed by atoms with Crippen molar-refractivity contribution in [2.24, 2.45) is 10.4 Å². The fourth-order valence-electron chi connectivity index (χ4n) is 3.17. The van der Waals surface area contributed by atoms with E-state index in [1.807, 2.05) is 48.5 Å². The van der Waals surface area contributed by atoms with Gasteiger partial charge in [-0.05, 0) is 24.0 Å². The van der Waals surface area contributed by atoms with E-state index >= 15 is 0 Å². The third kappa shape index (κ3) is 2.43. The molecule has 0 aliphatic carbocycles. The van der Waals surface area contributed by atoms with Crippen LogP contribution >= 0.6 is 0 Å². The van der Waals surface area contributed by atoms with Gasteiger partial charge in [0.05, 0.1) is 11.8 Å². The van der Waals surface area contributed by atoms with Crippen LogP contribution < -0.4 is 5.32 Å². The molecule has 1 N–H and O–H groups in total. The van der Waals surface area contributed by atoms with Gasteiger partial charge in [0, 0.05) is 5.70 Å². The van der Waals surface area contributed by atoms with Crippen molar-refractivity contribution in [1.82, 2.24) is 5.32 Å². The van der Waals surface area contributed by atoms with Gasteiger partial charge in [0.15, 0.2) is 0 Å². The van der Waals surface area contributed by atoms with Crippen molar-refractivity contribution >= 4 is 17.2 Å². The number of nitrogens with one attached hydrogen (secondary N) is 1. The van der Waals surface area contributed by atoms with Gasteiger partial charge in [0.1, 0.15) is 11.3 Å². The van der Waals surface area contributed by atoms with Gasteiger partial charge in [0.25, 0.3) is 0 Å². The van der Waals surface area contributed by atoms with Crippen LogP contribution in [0, 0.1) is 16.7 Å². The summed E-state index contributed by atoms with van der Waals surface area (Å²) in [6.07, 6.45) is 5.54. The van der Waals surface area contributed by atoms with Crippen molar-refractivity contribution in [1.29, 1.82) is 5.26 Å². The summed E-state index contributed by atoms with van der Waals surface area (Å²) in [6, 6.07) is 22.7. The first-order valence-corrected chi connectivity index (χ1v) is 8.09. The third-order valence-electron chi connectivity index (χ3n) is 4.61. The second-order valence-electron chi connectivity index (χ2n) is 6.13. The molecule has 4 rings (SSSR count). The maximum Gasteiger partial charge on any atom is 0.128 e. The van der Waals surface area contributed by atoms with Crippen molar-refractivity contribution in [2.75, 3.05) is 0 Å². The molecule has 2 aromatic carbocycles. The predicted octanol–water partition coefficient (Wildman–Crippen LogP) is 4.37. The topological polar surface area (TPSA) is 48.2 Å². The van der Waals surface area contributed by atoms with E-state index < -0.39 is 5.41 Å². The zero-order valence-electron chi connectivity index (χ0n) is 13.2. The molecule has 116 valence electrons. The molecule has 2 aliphatic rings. The molecule has 3 heteroatoms. The van der Waals surface area contributed by atoms with E-state index in [0.717, 1.165) is 28.4 Å². The van der Waals surface area contributed by atoms with Gasteiger partial charge in [0.2, 0.25) is 0 Å². The molecule has 2 aromatic rings. The van der Waals surface area contributed by atoms with Gasteiger partial charge < -0.3 is 5.32 Å². The molecule has 0 aromatic heterocycles. The second kappa shape index (κ2) is 5.82. The highest BCUT2D eigenvalue weighted by Crippen LogP contribution is 2.39. The summed E-state index contributed by atoms with van der Waals surface area (Å²) in [6.45, 7) is 0. The molecule has 0 fully saturated rings. The predicted molar refractivity (Wildman–Crippen MR) is 96.7 cm³/mol. The van der Waals surface area contributed by atoms with Crippen LogP contribution in [-0.4, -0.2) is 5.84 Å². The summed E-state index contributed by atoms with van der Waals surface area (Å²) in [5.74, 6) is 0.757. The Hall–Kier alpha value is -3.12. The lowest BCUT2D eigenvalue weighted by Gasteiger charge is -2.34. The summed E-state index contributed by atoms with van der Waals surface area (Å²) in [5.41, 5.74) is 3.57. The molecule has 24 heavy (non-hydrogen) atoms. The molecule has 2 aliphatic heterocycles. The van der Waals surface area contributed by atoms with Crippen molar-refractivity contribution in [2.45, 2.75) is 12.8 Å². The maximum atomic E-state index is 9.76. The summed E-state index contributed by atoms with van der Waals surface area (Å²) in [7, 11) is 0. The van der Waals surface area contributed by atoms with Crippen LogP contribution in [0.15, 0.2) is 77.8 Å². The Morgan fingerprint density at radius 2 is 1.50 bits per heavy atom. The Labute approximate surface area is 141 Å². The lowest BCUT2D eigenvalue weighted by molar-refractivity contribution is 0.538.